The van der Waals surface area contributed by atoms with Gasteiger partial charge in [-0.05, 0) is 26.3 Å². The summed E-state index contributed by atoms with van der Waals surface area (Å²) in [4.78, 5) is 25.1. The fourth-order valence-electron chi connectivity index (χ4n) is 2.06. The second-order valence-electron chi connectivity index (χ2n) is 5.05. The van der Waals surface area contributed by atoms with E-state index in [-0.39, 0.29) is 23.7 Å². The second-order valence-corrected chi connectivity index (χ2v) is 5.05. The summed E-state index contributed by atoms with van der Waals surface area (Å²) >= 11 is 0. The van der Waals surface area contributed by atoms with Gasteiger partial charge in [-0.1, -0.05) is 20.8 Å². The van der Waals surface area contributed by atoms with E-state index in [1.807, 2.05) is 13.8 Å². The summed E-state index contributed by atoms with van der Waals surface area (Å²) in [7, 11) is 0. The summed E-state index contributed by atoms with van der Waals surface area (Å²) in [6.07, 6.45) is 1.93. The summed E-state index contributed by atoms with van der Waals surface area (Å²) in [6, 6.07) is 0.349. The maximum Gasteiger partial charge on any atom is 0.232 e. The van der Waals surface area contributed by atoms with E-state index in [2.05, 4.69) is 19.2 Å². The zero-order valence-electron chi connectivity index (χ0n) is 11.3. The monoisotopic (exact) mass is 240 g/mol. The highest BCUT2D eigenvalue weighted by Crippen LogP contribution is 2.25. The number of rotatable bonds is 6. The van der Waals surface area contributed by atoms with Gasteiger partial charge in [0.15, 0.2) is 0 Å². The van der Waals surface area contributed by atoms with Gasteiger partial charge in [-0.15, -0.1) is 0 Å². The molecule has 0 spiro atoms. The van der Waals surface area contributed by atoms with Gasteiger partial charge in [-0.25, -0.2) is 0 Å². The van der Waals surface area contributed by atoms with Gasteiger partial charge in [0, 0.05) is 24.4 Å². The van der Waals surface area contributed by atoms with Crippen molar-refractivity contribution in [2.45, 2.75) is 46.6 Å². The van der Waals surface area contributed by atoms with Crippen molar-refractivity contribution < 1.29 is 9.59 Å². The number of carbonyl (C=O) groups is 2. The molecule has 3 unspecified atom stereocenters. The maximum absolute atomic E-state index is 11.8. The molecule has 0 aliphatic carbocycles. The molecule has 1 fully saturated rings. The Balaban J connectivity index is 2.42. The molecular weight excluding hydrogens is 216 g/mol. The SMILES string of the molecule is CCCNC(C)CCN1C(=O)C(C)C(C)C1=O. The third-order valence-electron chi connectivity index (χ3n) is 3.59. The molecule has 0 bridgehead atoms. The zero-order chi connectivity index (χ0) is 13.0. The standard InChI is InChI=1S/C13H24N2O2/c1-5-7-14-9(2)6-8-15-12(16)10(3)11(4)13(15)17/h9-11,14H,5-8H2,1-4H3. The van der Waals surface area contributed by atoms with E-state index in [9.17, 15) is 9.59 Å². The lowest BCUT2D eigenvalue weighted by atomic mass is 10.00. The molecule has 0 aromatic rings. The average Bonchev–Trinajstić information content (AvgIpc) is 2.49. The van der Waals surface area contributed by atoms with E-state index >= 15 is 0 Å². The normalized spacial score (nSPS) is 26.7. The molecule has 1 aliphatic heterocycles. The first kappa shape index (κ1) is 14.2. The number of nitrogens with one attached hydrogen (secondary N) is 1. The molecule has 1 N–H and O–H groups in total. The molecule has 1 rings (SSSR count). The van der Waals surface area contributed by atoms with Crippen LogP contribution in [0.1, 0.15) is 40.5 Å². The van der Waals surface area contributed by atoms with Crippen LogP contribution in [0.3, 0.4) is 0 Å². The molecule has 98 valence electrons. The number of likely N-dealkylation sites (tertiary alicyclic amines) is 1. The third-order valence-corrected chi connectivity index (χ3v) is 3.59. The number of hydrogen-bond acceptors (Lipinski definition) is 3. The van der Waals surface area contributed by atoms with Crippen LogP contribution in [0.15, 0.2) is 0 Å². The minimum atomic E-state index is -0.151. The van der Waals surface area contributed by atoms with Crippen LogP contribution in [-0.2, 0) is 9.59 Å². The molecule has 4 nitrogen and oxygen atoms in total. The van der Waals surface area contributed by atoms with Gasteiger partial charge in [-0.3, -0.25) is 14.5 Å². The van der Waals surface area contributed by atoms with Crippen molar-refractivity contribution in [1.82, 2.24) is 10.2 Å². The molecule has 0 aromatic heterocycles. The van der Waals surface area contributed by atoms with Crippen molar-refractivity contribution in [3.8, 4) is 0 Å². The van der Waals surface area contributed by atoms with Crippen LogP contribution in [0, 0.1) is 11.8 Å². The van der Waals surface area contributed by atoms with E-state index in [1.165, 1.54) is 4.90 Å². The molecule has 3 atom stereocenters. The molecule has 0 radical (unpaired) electrons. The van der Waals surface area contributed by atoms with Crippen LogP contribution in [0.25, 0.3) is 0 Å². The highest BCUT2D eigenvalue weighted by molar-refractivity contribution is 6.04. The van der Waals surface area contributed by atoms with Crippen molar-refractivity contribution in [3.63, 3.8) is 0 Å². The number of hydrogen-bond donors (Lipinski definition) is 1. The topological polar surface area (TPSA) is 49.4 Å². The largest absolute Gasteiger partial charge is 0.314 e. The van der Waals surface area contributed by atoms with Gasteiger partial charge < -0.3 is 5.32 Å². The number of imide groups is 1. The van der Waals surface area contributed by atoms with E-state index in [0.29, 0.717) is 12.6 Å². The van der Waals surface area contributed by atoms with Crippen LogP contribution in [0.4, 0.5) is 0 Å². The number of nitrogens with zero attached hydrogens (tertiary/aromatic N) is 1. The van der Waals surface area contributed by atoms with Crippen molar-refractivity contribution in [3.05, 3.63) is 0 Å². The van der Waals surface area contributed by atoms with Crippen LogP contribution in [0.5, 0.6) is 0 Å². The lowest BCUT2D eigenvalue weighted by Crippen LogP contribution is -2.36. The Kier molecular flexibility index (Phi) is 5.12. The van der Waals surface area contributed by atoms with Gasteiger partial charge in [-0.2, -0.15) is 0 Å². The van der Waals surface area contributed by atoms with E-state index in [4.69, 9.17) is 0 Å². The minimum absolute atomic E-state index is 0.00908. The molecule has 1 saturated heterocycles. The van der Waals surface area contributed by atoms with Gasteiger partial charge in [0.2, 0.25) is 11.8 Å². The molecule has 1 aliphatic rings. The van der Waals surface area contributed by atoms with Crippen LogP contribution < -0.4 is 5.32 Å². The average molecular weight is 240 g/mol. The van der Waals surface area contributed by atoms with Crippen LogP contribution in [0.2, 0.25) is 0 Å². The highest BCUT2D eigenvalue weighted by Gasteiger charge is 2.41. The first-order valence-corrected chi connectivity index (χ1v) is 6.57. The fraction of sp³-hybridized carbons (Fsp3) is 0.846. The fourth-order valence-corrected chi connectivity index (χ4v) is 2.06. The van der Waals surface area contributed by atoms with Crippen LogP contribution in [-0.4, -0.2) is 35.8 Å². The predicted octanol–water partition coefficient (Wildman–Crippen LogP) is 1.41. The minimum Gasteiger partial charge on any atom is -0.314 e. The van der Waals surface area contributed by atoms with Crippen LogP contribution >= 0.6 is 0 Å². The molecular formula is C13H24N2O2. The maximum atomic E-state index is 11.8. The molecule has 1 heterocycles. The molecule has 17 heavy (non-hydrogen) atoms. The molecule has 2 amide bonds. The summed E-state index contributed by atoms with van der Waals surface area (Å²) in [6.45, 7) is 9.41. The molecule has 0 saturated carbocycles. The first-order chi connectivity index (χ1) is 7.99. The third kappa shape index (κ3) is 3.28. The zero-order valence-corrected chi connectivity index (χ0v) is 11.3. The number of carbonyl (C=O) groups excluding carboxylic acids is 2. The van der Waals surface area contributed by atoms with Gasteiger partial charge in [0.25, 0.3) is 0 Å². The van der Waals surface area contributed by atoms with Gasteiger partial charge in [0.05, 0.1) is 0 Å². The predicted molar refractivity (Wildman–Crippen MR) is 67.4 cm³/mol. The Morgan fingerprint density at radius 1 is 1.24 bits per heavy atom. The van der Waals surface area contributed by atoms with Gasteiger partial charge >= 0.3 is 0 Å². The summed E-state index contributed by atoms with van der Waals surface area (Å²) in [5.74, 6) is -0.321. The Morgan fingerprint density at radius 3 is 2.24 bits per heavy atom. The first-order valence-electron chi connectivity index (χ1n) is 6.57. The smallest absolute Gasteiger partial charge is 0.232 e. The number of amides is 2. The van der Waals surface area contributed by atoms with E-state index < -0.39 is 0 Å². The second kappa shape index (κ2) is 6.15. The summed E-state index contributed by atoms with van der Waals surface area (Å²) < 4.78 is 0. The Morgan fingerprint density at radius 2 is 1.76 bits per heavy atom. The lowest BCUT2D eigenvalue weighted by molar-refractivity contribution is -0.139. The Labute approximate surface area is 104 Å². The summed E-state index contributed by atoms with van der Waals surface area (Å²) in [5, 5.41) is 3.36. The van der Waals surface area contributed by atoms with E-state index in [1.54, 1.807) is 0 Å². The van der Waals surface area contributed by atoms with Crippen molar-refractivity contribution in [1.29, 1.82) is 0 Å². The van der Waals surface area contributed by atoms with Crippen molar-refractivity contribution in [2.24, 2.45) is 11.8 Å². The lowest BCUT2D eigenvalue weighted by Gasteiger charge is -2.18. The highest BCUT2D eigenvalue weighted by atomic mass is 16.2. The Hall–Kier alpha value is -0.900. The molecule has 4 heteroatoms. The summed E-state index contributed by atoms with van der Waals surface area (Å²) in [5.41, 5.74) is 0. The van der Waals surface area contributed by atoms with Gasteiger partial charge in [0.1, 0.15) is 0 Å². The van der Waals surface area contributed by atoms with Crippen molar-refractivity contribution >= 4 is 11.8 Å². The Bertz CT molecular complexity index is 271. The van der Waals surface area contributed by atoms with E-state index in [0.717, 1.165) is 19.4 Å². The quantitative estimate of drug-likeness (QED) is 0.714. The molecule has 0 aromatic carbocycles. The van der Waals surface area contributed by atoms with Crippen molar-refractivity contribution in [2.75, 3.05) is 13.1 Å².